The number of carbonyl (C=O) groups excluding carboxylic acids is 1. The first kappa shape index (κ1) is 17.4. The van der Waals surface area contributed by atoms with E-state index in [-0.39, 0.29) is 11.4 Å². The number of nitrogens with one attached hydrogen (secondary N) is 2. The number of urea groups is 1. The van der Waals surface area contributed by atoms with E-state index in [4.69, 9.17) is 5.11 Å². The average Bonchev–Trinajstić information content (AvgIpc) is 2.97. The SMILES string of the molecule is CC(O)CCNC(=O)Nc1nnc(C(C)(C)c2ccccc2)s1. The molecule has 0 radical (unpaired) electrons. The van der Waals surface area contributed by atoms with Crippen LogP contribution < -0.4 is 10.6 Å². The van der Waals surface area contributed by atoms with Gasteiger partial charge in [0.05, 0.1) is 6.10 Å². The van der Waals surface area contributed by atoms with Crippen molar-refractivity contribution in [1.82, 2.24) is 15.5 Å². The number of rotatable bonds is 6. The number of aliphatic hydroxyl groups excluding tert-OH is 1. The van der Waals surface area contributed by atoms with Crippen molar-refractivity contribution in [2.75, 3.05) is 11.9 Å². The highest BCUT2D eigenvalue weighted by Gasteiger charge is 2.27. The molecular weight excluding hydrogens is 312 g/mol. The lowest BCUT2D eigenvalue weighted by Crippen LogP contribution is -2.30. The number of carbonyl (C=O) groups is 1. The van der Waals surface area contributed by atoms with E-state index >= 15 is 0 Å². The van der Waals surface area contributed by atoms with Gasteiger partial charge in [-0.05, 0) is 32.8 Å². The first-order valence-electron chi connectivity index (χ1n) is 7.52. The van der Waals surface area contributed by atoms with E-state index < -0.39 is 6.10 Å². The van der Waals surface area contributed by atoms with Crippen LogP contribution in [0.1, 0.15) is 37.8 Å². The van der Waals surface area contributed by atoms with Crippen LogP contribution in [0.4, 0.5) is 9.93 Å². The quantitative estimate of drug-likeness (QED) is 0.758. The molecule has 1 heterocycles. The normalized spacial score (nSPS) is 12.7. The number of aromatic nitrogens is 2. The number of benzene rings is 1. The van der Waals surface area contributed by atoms with E-state index in [0.717, 1.165) is 10.6 Å². The molecule has 2 rings (SSSR count). The van der Waals surface area contributed by atoms with Crippen molar-refractivity contribution in [3.05, 3.63) is 40.9 Å². The number of aliphatic hydroxyl groups is 1. The zero-order chi connectivity index (χ0) is 16.9. The second kappa shape index (κ2) is 7.52. The molecule has 1 aromatic heterocycles. The van der Waals surface area contributed by atoms with Crippen molar-refractivity contribution in [1.29, 1.82) is 0 Å². The molecule has 2 amide bonds. The second-order valence-corrected chi connectivity index (χ2v) is 6.90. The number of amides is 2. The summed E-state index contributed by atoms with van der Waals surface area (Å²) >= 11 is 1.36. The van der Waals surface area contributed by atoms with Crippen LogP contribution in [-0.4, -0.2) is 34.0 Å². The minimum absolute atomic E-state index is 0.276. The lowest BCUT2D eigenvalue weighted by molar-refractivity contribution is 0.184. The Hall–Kier alpha value is -1.99. The fourth-order valence-electron chi connectivity index (χ4n) is 2.04. The fourth-order valence-corrected chi connectivity index (χ4v) is 2.90. The summed E-state index contributed by atoms with van der Waals surface area (Å²) in [4.78, 5) is 11.8. The van der Waals surface area contributed by atoms with E-state index in [9.17, 15) is 4.79 Å². The Morgan fingerprint density at radius 2 is 2.00 bits per heavy atom. The summed E-state index contributed by atoms with van der Waals surface area (Å²) in [6.45, 7) is 6.25. The largest absolute Gasteiger partial charge is 0.393 e. The van der Waals surface area contributed by atoms with Gasteiger partial charge in [0.2, 0.25) is 5.13 Å². The molecular formula is C16H22N4O2S. The van der Waals surface area contributed by atoms with Crippen molar-refractivity contribution in [2.45, 2.75) is 38.7 Å². The van der Waals surface area contributed by atoms with Gasteiger partial charge in [-0.3, -0.25) is 5.32 Å². The topological polar surface area (TPSA) is 87.1 Å². The van der Waals surface area contributed by atoms with E-state index in [1.54, 1.807) is 6.92 Å². The van der Waals surface area contributed by atoms with Crippen LogP contribution in [0.5, 0.6) is 0 Å². The summed E-state index contributed by atoms with van der Waals surface area (Å²) in [7, 11) is 0. The maximum atomic E-state index is 11.8. The monoisotopic (exact) mass is 334 g/mol. The van der Waals surface area contributed by atoms with Gasteiger partial charge in [0.25, 0.3) is 0 Å². The molecule has 0 fully saturated rings. The summed E-state index contributed by atoms with van der Waals surface area (Å²) < 4.78 is 0. The number of nitrogens with zero attached hydrogens (tertiary/aromatic N) is 2. The number of hydrogen-bond donors (Lipinski definition) is 3. The van der Waals surface area contributed by atoms with Crippen LogP contribution in [0.25, 0.3) is 0 Å². The molecule has 0 aliphatic rings. The zero-order valence-corrected chi connectivity index (χ0v) is 14.4. The molecule has 1 unspecified atom stereocenters. The third-order valence-electron chi connectivity index (χ3n) is 3.52. The van der Waals surface area contributed by atoms with Crippen LogP contribution in [-0.2, 0) is 5.41 Å². The first-order chi connectivity index (χ1) is 10.9. The maximum absolute atomic E-state index is 11.8. The Balaban J connectivity index is 1.99. The molecule has 0 aliphatic heterocycles. The first-order valence-corrected chi connectivity index (χ1v) is 8.33. The van der Waals surface area contributed by atoms with E-state index in [1.807, 2.05) is 18.2 Å². The zero-order valence-electron chi connectivity index (χ0n) is 13.5. The van der Waals surface area contributed by atoms with Crippen molar-refractivity contribution in [3.8, 4) is 0 Å². The molecule has 0 bridgehead atoms. The summed E-state index contributed by atoms with van der Waals surface area (Å²) in [6, 6.07) is 9.73. The summed E-state index contributed by atoms with van der Waals surface area (Å²) in [5, 5.41) is 24.1. The molecule has 0 spiro atoms. The van der Waals surface area contributed by atoms with Crippen LogP contribution in [0.15, 0.2) is 30.3 Å². The Bertz CT molecular complexity index is 641. The second-order valence-electron chi connectivity index (χ2n) is 5.92. The van der Waals surface area contributed by atoms with Gasteiger partial charge in [0.1, 0.15) is 5.01 Å². The van der Waals surface area contributed by atoms with Crippen LogP contribution in [0, 0.1) is 0 Å². The molecule has 1 aromatic carbocycles. The van der Waals surface area contributed by atoms with Gasteiger partial charge in [-0.1, -0.05) is 41.7 Å². The van der Waals surface area contributed by atoms with Crippen molar-refractivity contribution in [3.63, 3.8) is 0 Å². The van der Waals surface area contributed by atoms with Crippen molar-refractivity contribution in [2.24, 2.45) is 0 Å². The molecule has 23 heavy (non-hydrogen) atoms. The third-order valence-corrected chi connectivity index (χ3v) is 4.69. The maximum Gasteiger partial charge on any atom is 0.321 e. The highest BCUT2D eigenvalue weighted by Crippen LogP contribution is 2.34. The highest BCUT2D eigenvalue weighted by atomic mass is 32.1. The molecule has 3 N–H and O–H groups in total. The smallest absolute Gasteiger partial charge is 0.321 e. The van der Waals surface area contributed by atoms with E-state index in [0.29, 0.717) is 18.1 Å². The summed E-state index contributed by atoms with van der Waals surface area (Å²) in [5.74, 6) is 0. The molecule has 2 aromatic rings. The minimum Gasteiger partial charge on any atom is -0.393 e. The average molecular weight is 334 g/mol. The Morgan fingerprint density at radius 3 is 2.65 bits per heavy atom. The van der Waals surface area contributed by atoms with Crippen molar-refractivity contribution >= 4 is 22.5 Å². The molecule has 6 nitrogen and oxygen atoms in total. The third kappa shape index (κ3) is 4.74. The van der Waals surface area contributed by atoms with Gasteiger partial charge in [0.15, 0.2) is 0 Å². The van der Waals surface area contributed by atoms with Gasteiger partial charge >= 0.3 is 6.03 Å². The predicted molar refractivity (Wildman–Crippen MR) is 91.8 cm³/mol. The molecule has 0 aliphatic carbocycles. The van der Waals surface area contributed by atoms with Crippen LogP contribution in [0.2, 0.25) is 0 Å². The Labute approximate surface area is 140 Å². The highest BCUT2D eigenvalue weighted by molar-refractivity contribution is 7.15. The van der Waals surface area contributed by atoms with Crippen molar-refractivity contribution < 1.29 is 9.90 Å². The predicted octanol–water partition coefficient (Wildman–Crippen LogP) is 2.76. The molecule has 0 saturated carbocycles. The van der Waals surface area contributed by atoms with Gasteiger partial charge in [-0.15, -0.1) is 10.2 Å². The fraction of sp³-hybridized carbons (Fsp3) is 0.438. The molecule has 124 valence electrons. The van der Waals surface area contributed by atoms with Gasteiger partial charge in [-0.25, -0.2) is 4.79 Å². The lowest BCUT2D eigenvalue weighted by atomic mass is 9.85. The van der Waals surface area contributed by atoms with E-state index in [2.05, 4.69) is 46.8 Å². The summed E-state index contributed by atoms with van der Waals surface area (Å²) in [5.41, 5.74) is 0.867. The van der Waals surface area contributed by atoms with E-state index in [1.165, 1.54) is 11.3 Å². The van der Waals surface area contributed by atoms with Gasteiger partial charge < -0.3 is 10.4 Å². The molecule has 7 heteroatoms. The number of anilines is 1. The van der Waals surface area contributed by atoms with Gasteiger partial charge in [-0.2, -0.15) is 0 Å². The molecule has 0 saturated heterocycles. The lowest BCUT2D eigenvalue weighted by Gasteiger charge is -2.21. The van der Waals surface area contributed by atoms with Crippen LogP contribution in [0.3, 0.4) is 0 Å². The summed E-state index contributed by atoms with van der Waals surface area (Å²) in [6.07, 6.45) is 0.0747. The Kier molecular flexibility index (Phi) is 5.68. The standard InChI is InChI=1S/C16H22N4O2S/c1-11(21)9-10-17-14(22)18-15-20-19-13(23-15)16(2,3)12-7-5-4-6-8-12/h4-8,11,21H,9-10H2,1-3H3,(H2,17,18,20,22). The molecule has 1 atom stereocenters. The van der Waals surface area contributed by atoms with Crippen LogP contribution >= 0.6 is 11.3 Å². The van der Waals surface area contributed by atoms with Gasteiger partial charge in [0, 0.05) is 12.0 Å². The Morgan fingerprint density at radius 1 is 1.30 bits per heavy atom. The minimum atomic E-state index is -0.435. The number of hydrogen-bond acceptors (Lipinski definition) is 5.